The molecule has 0 fully saturated rings. The van der Waals surface area contributed by atoms with Gasteiger partial charge in [-0.25, -0.2) is 8.42 Å². The number of carbonyl (C=O) groups is 1. The summed E-state index contributed by atoms with van der Waals surface area (Å²) in [6, 6.07) is 11.6. The molecule has 0 unspecified atom stereocenters. The Morgan fingerprint density at radius 3 is 2.50 bits per heavy atom. The van der Waals surface area contributed by atoms with E-state index in [1.165, 1.54) is 19.2 Å². The number of esters is 1. The van der Waals surface area contributed by atoms with Gasteiger partial charge in [-0.05, 0) is 29.8 Å². The van der Waals surface area contributed by atoms with Crippen LogP contribution >= 0.6 is 0 Å². The van der Waals surface area contributed by atoms with Gasteiger partial charge in [0.05, 0.1) is 21.5 Å². The van der Waals surface area contributed by atoms with Crippen LogP contribution in [0.2, 0.25) is 0 Å². The van der Waals surface area contributed by atoms with Crippen molar-refractivity contribution < 1.29 is 22.9 Å². The molecule has 0 aliphatic carbocycles. The molecule has 28 heavy (non-hydrogen) atoms. The summed E-state index contributed by atoms with van der Waals surface area (Å²) in [4.78, 5) is 21.8. The number of hydrogen-bond acceptors (Lipinski definition) is 8. The van der Waals surface area contributed by atoms with E-state index in [0.717, 1.165) is 6.07 Å². The lowest BCUT2D eigenvalue weighted by Gasteiger charge is -2.09. The second-order valence-corrected chi connectivity index (χ2v) is 7.25. The van der Waals surface area contributed by atoms with Crippen LogP contribution in [0.1, 0.15) is 11.1 Å². The largest absolute Gasteiger partial charge is 0.460 e. The van der Waals surface area contributed by atoms with Gasteiger partial charge in [-0.15, -0.1) is 0 Å². The molecule has 146 valence electrons. The normalized spacial score (nSPS) is 10.7. The van der Waals surface area contributed by atoms with Crippen LogP contribution in [0.5, 0.6) is 0 Å². The molecule has 0 spiro atoms. The van der Waals surface area contributed by atoms with Gasteiger partial charge in [0, 0.05) is 13.1 Å². The van der Waals surface area contributed by atoms with Crippen molar-refractivity contribution in [2.24, 2.45) is 0 Å². The first kappa shape index (κ1) is 20.8. The van der Waals surface area contributed by atoms with Crippen LogP contribution in [0.25, 0.3) is 0 Å². The fourth-order valence-electron chi connectivity index (χ4n) is 2.17. The molecule has 0 aromatic heterocycles. The number of nitriles is 1. The maximum atomic E-state index is 12.3. The van der Waals surface area contributed by atoms with E-state index in [1.54, 1.807) is 24.3 Å². The molecule has 0 radical (unpaired) electrons. The number of nitro groups is 1. The molecule has 0 bridgehead atoms. The maximum absolute atomic E-state index is 12.3. The minimum absolute atomic E-state index is 0.0887. The van der Waals surface area contributed by atoms with Gasteiger partial charge >= 0.3 is 5.97 Å². The lowest BCUT2D eigenvalue weighted by molar-refractivity contribution is -0.384. The summed E-state index contributed by atoms with van der Waals surface area (Å²) in [5, 5.41) is 22.4. The summed E-state index contributed by atoms with van der Waals surface area (Å²) >= 11 is 0. The number of sulfonamides is 1. The van der Waals surface area contributed by atoms with Crippen LogP contribution in [0.3, 0.4) is 0 Å². The number of carbonyl (C=O) groups excluding carboxylic acids is 1. The van der Waals surface area contributed by atoms with Crippen LogP contribution in [0.4, 0.5) is 11.4 Å². The first-order valence-corrected chi connectivity index (χ1v) is 9.35. The topological polar surface area (TPSA) is 151 Å². The molecule has 2 N–H and O–H groups in total. The van der Waals surface area contributed by atoms with Crippen molar-refractivity contribution in [1.29, 1.82) is 5.26 Å². The van der Waals surface area contributed by atoms with E-state index in [2.05, 4.69) is 5.32 Å². The first-order chi connectivity index (χ1) is 13.3. The van der Waals surface area contributed by atoms with E-state index in [9.17, 15) is 23.3 Å². The average Bonchev–Trinajstić information content (AvgIpc) is 2.70. The predicted octanol–water partition coefficient (Wildman–Crippen LogP) is 1.53. The van der Waals surface area contributed by atoms with E-state index >= 15 is 0 Å². The van der Waals surface area contributed by atoms with Crippen molar-refractivity contribution in [2.75, 3.05) is 18.9 Å². The Morgan fingerprint density at radius 2 is 1.93 bits per heavy atom. The minimum Gasteiger partial charge on any atom is -0.460 e. The van der Waals surface area contributed by atoms with Crippen molar-refractivity contribution in [3.05, 3.63) is 63.7 Å². The molecule has 0 heterocycles. The van der Waals surface area contributed by atoms with Gasteiger partial charge in [0.2, 0.25) is 10.0 Å². The van der Waals surface area contributed by atoms with Crippen LogP contribution in [-0.4, -0.2) is 32.9 Å². The molecule has 2 aromatic carbocycles. The lowest BCUT2D eigenvalue weighted by Crippen LogP contribution is -2.30. The number of rotatable bonds is 8. The molecule has 0 aliphatic rings. The highest BCUT2D eigenvalue weighted by Crippen LogP contribution is 2.26. The van der Waals surface area contributed by atoms with E-state index in [1.807, 2.05) is 10.8 Å². The highest BCUT2D eigenvalue weighted by molar-refractivity contribution is 7.89. The van der Waals surface area contributed by atoms with Crippen molar-refractivity contribution in [3.63, 3.8) is 0 Å². The number of nitro benzene ring substituents is 1. The minimum atomic E-state index is -4.15. The Kier molecular flexibility index (Phi) is 6.64. The second kappa shape index (κ2) is 8.94. The van der Waals surface area contributed by atoms with Gasteiger partial charge in [-0.3, -0.25) is 14.9 Å². The summed E-state index contributed by atoms with van der Waals surface area (Å²) in [7, 11) is -2.68. The van der Waals surface area contributed by atoms with E-state index in [0.29, 0.717) is 11.1 Å². The summed E-state index contributed by atoms with van der Waals surface area (Å²) in [6.07, 6.45) is 0. The van der Waals surface area contributed by atoms with Gasteiger partial charge in [-0.2, -0.15) is 9.98 Å². The van der Waals surface area contributed by atoms with E-state index in [4.69, 9.17) is 10.00 Å². The van der Waals surface area contributed by atoms with Crippen molar-refractivity contribution >= 4 is 27.4 Å². The fourth-order valence-corrected chi connectivity index (χ4v) is 3.16. The molecule has 0 saturated heterocycles. The van der Waals surface area contributed by atoms with Gasteiger partial charge in [0.25, 0.3) is 5.69 Å². The van der Waals surface area contributed by atoms with Crippen LogP contribution in [0, 0.1) is 21.4 Å². The number of nitrogens with zero attached hydrogens (tertiary/aromatic N) is 2. The number of ether oxygens (including phenoxy) is 1. The average molecular weight is 404 g/mol. The Balaban J connectivity index is 1.98. The Hall–Kier alpha value is -3.49. The van der Waals surface area contributed by atoms with Crippen LogP contribution in [0.15, 0.2) is 47.4 Å². The maximum Gasteiger partial charge on any atom is 0.321 e. The van der Waals surface area contributed by atoms with Crippen LogP contribution < -0.4 is 10.0 Å². The van der Waals surface area contributed by atoms with Crippen molar-refractivity contribution in [1.82, 2.24) is 4.72 Å². The van der Waals surface area contributed by atoms with Crippen molar-refractivity contribution in [2.45, 2.75) is 11.5 Å². The Morgan fingerprint density at radius 1 is 1.25 bits per heavy atom. The molecule has 2 aromatic rings. The number of hydrogen-bond donors (Lipinski definition) is 2. The zero-order chi connectivity index (χ0) is 20.7. The highest BCUT2D eigenvalue weighted by Gasteiger charge is 2.21. The summed E-state index contributed by atoms with van der Waals surface area (Å²) in [5.74, 6) is -0.825. The molecule has 0 saturated carbocycles. The standard InChI is InChI=1S/C17H16N4O6S/c1-19-15-7-6-14(8-16(15)21(23)24)28(25,26)20-10-17(22)27-11-13-4-2-12(9-18)3-5-13/h2-8,19-20H,10-11H2,1H3. The molecule has 10 nitrogen and oxygen atoms in total. The molecule has 0 atom stereocenters. The number of nitrogens with one attached hydrogen (secondary N) is 2. The van der Waals surface area contributed by atoms with Crippen LogP contribution in [-0.2, 0) is 26.2 Å². The third-order valence-corrected chi connectivity index (χ3v) is 5.03. The molecule has 11 heteroatoms. The fraction of sp³-hybridized carbons (Fsp3) is 0.176. The molecule has 0 amide bonds. The monoisotopic (exact) mass is 404 g/mol. The Bertz CT molecular complexity index is 1030. The quantitative estimate of drug-likeness (QED) is 0.382. The van der Waals surface area contributed by atoms with Gasteiger partial charge < -0.3 is 10.1 Å². The molecular formula is C17H16N4O6S. The zero-order valence-electron chi connectivity index (χ0n) is 14.7. The Labute approximate surface area is 160 Å². The number of benzene rings is 2. The van der Waals surface area contributed by atoms with Gasteiger partial charge in [0.1, 0.15) is 18.8 Å². The SMILES string of the molecule is CNc1ccc(S(=O)(=O)NCC(=O)OCc2ccc(C#N)cc2)cc1[N+](=O)[O-]. The van der Waals surface area contributed by atoms with Gasteiger partial charge in [-0.1, -0.05) is 12.1 Å². The van der Waals surface area contributed by atoms with E-state index < -0.39 is 33.1 Å². The second-order valence-electron chi connectivity index (χ2n) is 5.48. The van der Waals surface area contributed by atoms with Crippen molar-refractivity contribution in [3.8, 4) is 6.07 Å². The van der Waals surface area contributed by atoms with Gasteiger partial charge in [0.15, 0.2) is 0 Å². The molecule has 2 rings (SSSR count). The summed E-state index contributed by atoms with van der Waals surface area (Å²) in [6.45, 7) is -0.727. The first-order valence-electron chi connectivity index (χ1n) is 7.87. The van der Waals surface area contributed by atoms with E-state index in [-0.39, 0.29) is 17.2 Å². The smallest absolute Gasteiger partial charge is 0.321 e. The molecular weight excluding hydrogens is 388 g/mol. The predicted molar refractivity (Wildman–Crippen MR) is 98.8 cm³/mol. The summed E-state index contributed by atoms with van der Waals surface area (Å²) < 4.78 is 31.5. The third-order valence-electron chi connectivity index (χ3n) is 3.63. The summed E-state index contributed by atoms with van der Waals surface area (Å²) in [5.41, 5.74) is 0.842. The molecule has 0 aliphatic heterocycles. The highest BCUT2D eigenvalue weighted by atomic mass is 32.2. The lowest BCUT2D eigenvalue weighted by atomic mass is 10.2. The third kappa shape index (κ3) is 5.26. The number of anilines is 1. The zero-order valence-corrected chi connectivity index (χ0v) is 15.5.